The molecular weight excluding hydrogens is 138 g/mol. The molecule has 0 aromatic carbocycles. The van der Waals surface area contributed by atoms with E-state index in [1.54, 1.807) is 0 Å². The first-order valence-corrected chi connectivity index (χ1v) is 4.51. The van der Waals surface area contributed by atoms with Crippen molar-refractivity contribution in [2.75, 3.05) is 6.61 Å². The molecule has 0 bridgehead atoms. The Hall–Kier alpha value is -0.0800. The molecule has 3 atom stereocenters. The van der Waals surface area contributed by atoms with Crippen LogP contribution in [-0.2, 0) is 4.74 Å². The molecule has 2 rings (SSSR count). The van der Waals surface area contributed by atoms with Gasteiger partial charge >= 0.3 is 0 Å². The zero-order chi connectivity index (χ0) is 8.06. The first-order valence-electron chi connectivity index (χ1n) is 4.51. The number of nitrogens with two attached hydrogens (primary N) is 1. The van der Waals surface area contributed by atoms with Gasteiger partial charge in [-0.3, -0.25) is 0 Å². The molecule has 64 valence electrons. The highest BCUT2D eigenvalue weighted by atomic mass is 16.5. The van der Waals surface area contributed by atoms with E-state index in [2.05, 4.69) is 13.8 Å². The van der Waals surface area contributed by atoms with Crippen molar-refractivity contribution in [2.24, 2.45) is 17.1 Å². The van der Waals surface area contributed by atoms with Gasteiger partial charge in [0.05, 0.1) is 6.10 Å². The average Bonchev–Trinajstić information content (AvgIpc) is 2.04. The van der Waals surface area contributed by atoms with E-state index in [1.807, 2.05) is 0 Å². The largest absolute Gasteiger partial charge is 0.377 e. The minimum Gasteiger partial charge on any atom is -0.377 e. The summed E-state index contributed by atoms with van der Waals surface area (Å²) in [5, 5.41) is 0. The molecule has 0 aromatic heterocycles. The number of rotatable bonds is 0. The Morgan fingerprint density at radius 1 is 1.45 bits per heavy atom. The van der Waals surface area contributed by atoms with Crippen LogP contribution in [0.1, 0.15) is 26.7 Å². The number of ether oxygens (including phenoxy) is 1. The van der Waals surface area contributed by atoms with Crippen LogP contribution in [0.2, 0.25) is 0 Å². The summed E-state index contributed by atoms with van der Waals surface area (Å²) in [6.07, 6.45) is 2.92. The van der Waals surface area contributed by atoms with Crippen molar-refractivity contribution in [3.63, 3.8) is 0 Å². The highest BCUT2D eigenvalue weighted by molar-refractivity contribution is 5.08. The lowest BCUT2D eigenvalue weighted by atomic mass is 9.56. The SMILES string of the molecule is CC1(C)[C@H](N)[C@@H]2CCCO[C@H]21. The highest BCUT2D eigenvalue weighted by Gasteiger charge is 2.55. The van der Waals surface area contributed by atoms with Crippen LogP contribution in [0.3, 0.4) is 0 Å². The molecule has 2 N–H and O–H groups in total. The lowest BCUT2D eigenvalue weighted by Gasteiger charge is -2.58. The van der Waals surface area contributed by atoms with Crippen molar-refractivity contribution >= 4 is 0 Å². The minimum atomic E-state index is 0.227. The molecule has 1 saturated heterocycles. The van der Waals surface area contributed by atoms with E-state index in [9.17, 15) is 0 Å². The summed E-state index contributed by atoms with van der Waals surface area (Å²) in [5.74, 6) is 0.652. The molecule has 1 heterocycles. The summed E-state index contributed by atoms with van der Waals surface area (Å²) in [5.41, 5.74) is 6.26. The van der Waals surface area contributed by atoms with Gasteiger partial charge in [0.25, 0.3) is 0 Å². The van der Waals surface area contributed by atoms with E-state index >= 15 is 0 Å². The summed E-state index contributed by atoms with van der Waals surface area (Å²) in [6, 6.07) is 0.368. The van der Waals surface area contributed by atoms with Crippen LogP contribution >= 0.6 is 0 Å². The lowest BCUT2D eigenvalue weighted by Crippen LogP contribution is -2.67. The van der Waals surface area contributed by atoms with Crippen molar-refractivity contribution in [3.8, 4) is 0 Å². The van der Waals surface area contributed by atoms with Gasteiger partial charge in [0.15, 0.2) is 0 Å². The molecular formula is C9H17NO. The molecule has 1 aliphatic carbocycles. The Labute approximate surface area is 68.1 Å². The van der Waals surface area contributed by atoms with Gasteiger partial charge in [-0.05, 0) is 12.8 Å². The van der Waals surface area contributed by atoms with Gasteiger partial charge in [-0.15, -0.1) is 0 Å². The quantitative estimate of drug-likeness (QED) is 0.569. The first kappa shape index (κ1) is 7.56. The van der Waals surface area contributed by atoms with Gasteiger partial charge in [-0.2, -0.15) is 0 Å². The van der Waals surface area contributed by atoms with Crippen molar-refractivity contribution in [3.05, 3.63) is 0 Å². The Morgan fingerprint density at radius 3 is 2.82 bits per heavy atom. The fraction of sp³-hybridized carbons (Fsp3) is 1.00. The van der Waals surface area contributed by atoms with Crippen molar-refractivity contribution < 1.29 is 4.74 Å². The zero-order valence-electron chi connectivity index (χ0n) is 7.34. The third-order valence-electron chi connectivity index (χ3n) is 3.42. The van der Waals surface area contributed by atoms with Crippen LogP contribution < -0.4 is 5.73 Å². The van der Waals surface area contributed by atoms with Gasteiger partial charge in [-0.25, -0.2) is 0 Å². The lowest BCUT2D eigenvalue weighted by molar-refractivity contribution is -0.183. The Bertz CT molecular complexity index is 167. The normalized spacial score (nSPS) is 47.7. The molecule has 1 saturated carbocycles. The Kier molecular flexibility index (Phi) is 1.52. The molecule has 2 aliphatic rings. The average molecular weight is 155 g/mol. The molecule has 0 aromatic rings. The van der Waals surface area contributed by atoms with Crippen LogP contribution in [0.25, 0.3) is 0 Å². The second-order valence-corrected chi connectivity index (χ2v) is 4.44. The van der Waals surface area contributed by atoms with E-state index in [1.165, 1.54) is 12.8 Å². The van der Waals surface area contributed by atoms with Crippen LogP contribution in [0, 0.1) is 11.3 Å². The van der Waals surface area contributed by atoms with Gasteiger partial charge in [-0.1, -0.05) is 13.8 Å². The van der Waals surface area contributed by atoms with Gasteiger partial charge in [0.2, 0.25) is 0 Å². The van der Waals surface area contributed by atoms with Gasteiger partial charge < -0.3 is 10.5 Å². The molecule has 0 unspecified atom stereocenters. The fourth-order valence-corrected chi connectivity index (χ4v) is 2.56. The van der Waals surface area contributed by atoms with E-state index in [4.69, 9.17) is 10.5 Å². The minimum absolute atomic E-state index is 0.227. The molecule has 2 heteroatoms. The van der Waals surface area contributed by atoms with Gasteiger partial charge in [0.1, 0.15) is 0 Å². The van der Waals surface area contributed by atoms with E-state index in [-0.39, 0.29) is 5.41 Å². The molecule has 1 aliphatic heterocycles. The number of hydrogen-bond donors (Lipinski definition) is 1. The summed E-state index contributed by atoms with van der Waals surface area (Å²) in [4.78, 5) is 0. The summed E-state index contributed by atoms with van der Waals surface area (Å²) < 4.78 is 5.68. The number of fused-ring (bicyclic) bond motifs is 1. The van der Waals surface area contributed by atoms with Crippen molar-refractivity contribution in [1.82, 2.24) is 0 Å². The third-order valence-corrected chi connectivity index (χ3v) is 3.42. The van der Waals surface area contributed by atoms with Crippen LogP contribution in [-0.4, -0.2) is 18.8 Å². The molecule has 0 radical (unpaired) electrons. The molecule has 11 heavy (non-hydrogen) atoms. The third kappa shape index (κ3) is 0.859. The second kappa shape index (κ2) is 2.20. The smallest absolute Gasteiger partial charge is 0.0684 e. The molecule has 2 nitrogen and oxygen atoms in total. The molecule has 0 spiro atoms. The summed E-state index contributed by atoms with van der Waals surface area (Å²) >= 11 is 0. The van der Waals surface area contributed by atoms with Crippen molar-refractivity contribution in [1.29, 1.82) is 0 Å². The zero-order valence-corrected chi connectivity index (χ0v) is 7.34. The topological polar surface area (TPSA) is 35.2 Å². The maximum absolute atomic E-state index is 6.03. The first-order chi connectivity index (χ1) is 5.14. The Balaban J connectivity index is 2.09. The standard InChI is InChI=1S/C9H17NO/c1-9(2)7(10)6-4-3-5-11-8(6)9/h6-8H,3-5,10H2,1-2H3/t6-,7+,8+/m0/s1. The van der Waals surface area contributed by atoms with Crippen LogP contribution in [0.15, 0.2) is 0 Å². The molecule has 0 amide bonds. The van der Waals surface area contributed by atoms with Crippen LogP contribution in [0.4, 0.5) is 0 Å². The maximum atomic E-state index is 6.03. The maximum Gasteiger partial charge on any atom is 0.0684 e. The summed E-state index contributed by atoms with van der Waals surface area (Å²) in [6.45, 7) is 5.37. The highest BCUT2D eigenvalue weighted by Crippen LogP contribution is 2.49. The van der Waals surface area contributed by atoms with Crippen LogP contribution in [0.5, 0.6) is 0 Å². The predicted molar refractivity (Wildman–Crippen MR) is 44.2 cm³/mol. The van der Waals surface area contributed by atoms with Crippen molar-refractivity contribution in [2.45, 2.75) is 38.8 Å². The monoisotopic (exact) mass is 155 g/mol. The van der Waals surface area contributed by atoms with E-state index < -0.39 is 0 Å². The fourth-order valence-electron chi connectivity index (χ4n) is 2.56. The summed E-state index contributed by atoms with van der Waals surface area (Å²) in [7, 11) is 0. The molecule has 2 fully saturated rings. The predicted octanol–water partition coefficient (Wildman–Crippen LogP) is 1.15. The van der Waals surface area contributed by atoms with Gasteiger partial charge in [0, 0.05) is 24.0 Å². The van der Waals surface area contributed by atoms with E-state index in [0.29, 0.717) is 18.1 Å². The second-order valence-electron chi connectivity index (χ2n) is 4.44. The van der Waals surface area contributed by atoms with E-state index in [0.717, 1.165) is 6.61 Å². The number of hydrogen-bond acceptors (Lipinski definition) is 2. The Morgan fingerprint density at radius 2 is 2.18 bits per heavy atom.